The molecule has 0 aliphatic heterocycles. The van der Waals surface area contributed by atoms with Gasteiger partial charge in [-0.3, -0.25) is 4.79 Å². The van der Waals surface area contributed by atoms with E-state index in [9.17, 15) is 9.90 Å². The summed E-state index contributed by atoms with van der Waals surface area (Å²) in [6.45, 7) is 2.36. The number of carbonyl (C=O) groups is 1. The Balaban J connectivity index is 2.09. The summed E-state index contributed by atoms with van der Waals surface area (Å²) in [5.41, 5.74) is 0.677. The third-order valence-electron chi connectivity index (χ3n) is 3.92. The maximum absolute atomic E-state index is 12.6. The number of fused-ring (bicyclic) bond motifs is 1. The third kappa shape index (κ3) is 3.40. The molecular formula is C15H23NO3S. The Bertz CT molecular complexity index is 452. The highest BCUT2D eigenvalue weighted by Gasteiger charge is 2.32. The fraction of sp³-hybridized carbons (Fsp3) is 0.667. The molecule has 0 saturated carbocycles. The Labute approximate surface area is 124 Å². The number of methoxy groups -OCH3 is 1. The van der Waals surface area contributed by atoms with E-state index in [0.717, 1.165) is 19.3 Å². The molecule has 0 radical (unpaired) electrons. The van der Waals surface area contributed by atoms with Crippen molar-refractivity contribution < 1.29 is 14.6 Å². The van der Waals surface area contributed by atoms with Gasteiger partial charge in [0.2, 0.25) is 5.91 Å². The average molecular weight is 297 g/mol. The van der Waals surface area contributed by atoms with Gasteiger partial charge in [0.25, 0.3) is 0 Å². The van der Waals surface area contributed by atoms with Crippen LogP contribution in [0.15, 0.2) is 11.4 Å². The number of rotatable bonds is 6. The Morgan fingerprint density at radius 1 is 1.65 bits per heavy atom. The molecule has 1 amide bonds. The highest BCUT2D eigenvalue weighted by atomic mass is 32.1. The second-order valence-corrected chi connectivity index (χ2v) is 6.70. The first kappa shape index (κ1) is 15.5. The van der Waals surface area contributed by atoms with Crippen molar-refractivity contribution >= 4 is 17.2 Å². The highest BCUT2D eigenvalue weighted by Crippen LogP contribution is 2.35. The zero-order chi connectivity index (χ0) is 14.6. The molecule has 1 aromatic heterocycles. The number of aryl methyl sites for hydroxylation is 1. The van der Waals surface area contributed by atoms with Crippen molar-refractivity contribution in [2.45, 2.75) is 44.1 Å². The Hall–Kier alpha value is -0.910. The summed E-state index contributed by atoms with van der Waals surface area (Å²) in [6.07, 6.45) is 3.54. The molecule has 0 aromatic carbocycles. The van der Waals surface area contributed by atoms with E-state index in [-0.39, 0.29) is 18.4 Å². The van der Waals surface area contributed by atoms with Crippen LogP contribution in [0.5, 0.6) is 0 Å². The number of amides is 1. The van der Waals surface area contributed by atoms with Crippen molar-refractivity contribution in [3.05, 3.63) is 21.9 Å². The van der Waals surface area contributed by atoms with Gasteiger partial charge in [-0.15, -0.1) is 11.3 Å². The zero-order valence-electron chi connectivity index (χ0n) is 12.1. The Morgan fingerprint density at radius 2 is 2.45 bits per heavy atom. The minimum Gasteiger partial charge on any atom is -0.396 e. The van der Waals surface area contributed by atoms with Crippen molar-refractivity contribution in [2.75, 3.05) is 20.3 Å². The monoisotopic (exact) mass is 297 g/mol. The molecule has 0 fully saturated rings. The van der Waals surface area contributed by atoms with Crippen LogP contribution in [-0.4, -0.2) is 36.9 Å². The maximum Gasteiger partial charge on any atom is 0.228 e. The molecule has 1 aliphatic rings. The quantitative estimate of drug-likeness (QED) is 0.845. The largest absolute Gasteiger partial charge is 0.396 e. The zero-order valence-corrected chi connectivity index (χ0v) is 13.0. The molecule has 1 heterocycles. The lowest BCUT2D eigenvalue weighted by Gasteiger charge is -2.32. The predicted molar refractivity (Wildman–Crippen MR) is 80.1 cm³/mol. The van der Waals surface area contributed by atoms with E-state index in [2.05, 4.69) is 16.8 Å². The first-order valence-electron chi connectivity index (χ1n) is 7.08. The predicted octanol–water partition coefficient (Wildman–Crippen LogP) is 2.07. The number of nitrogens with one attached hydrogen (secondary N) is 1. The summed E-state index contributed by atoms with van der Waals surface area (Å²) < 4.78 is 5.18. The smallest absolute Gasteiger partial charge is 0.228 e. The topological polar surface area (TPSA) is 58.6 Å². The molecule has 1 aliphatic carbocycles. The van der Waals surface area contributed by atoms with Crippen molar-refractivity contribution in [1.82, 2.24) is 5.32 Å². The second kappa shape index (κ2) is 6.70. The molecular weight excluding hydrogens is 274 g/mol. The standard InChI is InChI=1S/C15H23NO3S/c1-15(7-8-17,10-19-2)16-14(18)12-4-3-5-13-11(12)6-9-20-13/h6,9,12,17H,3-5,7-8,10H2,1-2H3,(H,16,18). The van der Waals surface area contributed by atoms with E-state index in [4.69, 9.17) is 4.74 Å². The summed E-state index contributed by atoms with van der Waals surface area (Å²) in [6, 6.07) is 2.07. The number of thiophene rings is 1. The summed E-state index contributed by atoms with van der Waals surface area (Å²) in [5, 5.41) is 14.3. The normalized spacial score (nSPS) is 21.1. The SMILES string of the molecule is COCC(C)(CCO)NC(=O)C1CCCc2sccc21. The van der Waals surface area contributed by atoms with Gasteiger partial charge in [0, 0.05) is 18.6 Å². The lowest BCUT2D eigenvalue weighted by atomic mass is 9.86. The van der Waals surface area contributed by atoms with E-state index in [1.165, 1.54) is 10.4 Å². The van der Waals surface area contributed by atoms with E-state index >= 15 is 0 Å². The fourth-order valence-corrected chi connectivity index (χ4v) is 3.87. The van der Waals surface area contributed by atoms with Crippen molar-refractivity contribution in [2.24, 2.45) is 0 Å². The number of hydrogen-bond donors (Lipinski definition) is 2. The fourth-order valence-electron chi connectivity index (χ4n) is 2.88. The minimum atomic E-state index is -0.506. The van der Waals surface area contributed by atoms with Crippen LogP contribution in [0, 0.1) is 0 Å². The van der Waals surface area contributed by atoms with Gasteiger partial charge >= 0.3 is 0 Å². The van der Waals surface area contributed by atoms with E-state index in [0.29, 0.717) is 13.0 Å². The first-order chi connectivity index (χ1) is 9.59. The van der Waals surface area contributed by atoms with Gasteiger partial charge in [-0.2, -0.15) is 0 Å². The first-order valence-corrected chi connectivity index (χ1v) is 7.96. The summed E-state index contributed by atoms with van der Waals surface area (Å²) in [4.78, 5) is 13.9. The summed E-state index contributed by atoms with van der Waals surface area (Å²) >= 11 is 1.74. The van der Waals surface area contributed by atoms with Gasteiger partial charge in [-0.25, -0.2) is 0 Å². The van der Waals surface area contributed by atoms with Gasteiger partial charge in [0.1, 0.15) is 0 Å². The van der Waals surface area contributed by atoms with E-state index in [1.807, 2.05) is 6.92 Å². The summed E-state index contributed by atoms with van der Waals surface area (Å²) in [7, 11) is 1.61. The van der Waals surface area contributed by atoms with Gasteiger partial charge < -0.3 is 15.2 Å². The average Bonchev–Trinajstić information content (AvgIpc) is 2.86. The molecule has 2 rings (SSSR count). The number of aliphatic hydroxyl groups is 1. The third-order valence-corrected chi connectivity index (χ3v) is 4.92. The van der Waals surface area contributed by atoms with E-state index in [1.54, 1.807) is 18.4 Å². The van der Waals surface area contributed by atoms with Gasteiger partial charge in [-0.1, -0.05) is 0 Å². The van der Waals surface area contributed by atoms with Crippen LogP contribution in [-0.2, 0) is 16.0 Å². The Kier molecular flexibility index (Phi) is 5.18. The number of carbonyl (C=O) groups excluding carboxylic acids is 1. The summed E-state index contributed by atoms with van der Waals surface area (Å²) in [5.74, 6) is -0.00257. The van der Waals surface area contributed by atoms with Crippen molar-refractivity contribution in [1.29, 1.82) is 0 Å². The second-order valence-electron chi connectivity index (χ2n) is 5.70. The lowest BCUT2D eigenvalue weighted by molar-refractivity contribution is -0.125. The van der Waals surface area contributed by atoms with Gasteiger partial charge in [-0.05, 0) is 49.6 Å². The maximum atomic E-state index is 12.6. The van der Waals surface area contributed by atoms with Gasteiger partial charge in [0.15, 0.2) is 0 Å². The molecule has 112 valence electrons. The van der Waals surface area contributed by atoms with Crippen LogP contribution in [0.1, 0.15) is 42.5 Å². The van der Waals surface area contributed by atoms with Crippen molar-refractivity contribution in [3.63, 3.8) is 0 Å². The van der Waals surface area contributed by atoms with Crippen molar-refractivity contribution in [3.8, 4) is 0 Å². The molecule has 0 saturated heterocycles. The molecule has 5 heteroatoms. The van der Waals surface area contributed by atoms with Crippen LogP contribution in [0.25, 0.3) is 0 Å². The molecule has 2 unspecified atom stereocenters. The van der Waals surface area contributed by atoms with Crippen LogP contribution in [0.4, 0.5) is 0 Å². The molecule has 2 atom stereocenters. The minimum absolute atomic E-state index is 0.0362. The molecule has 1 aromatic rings. The van der Waals surface area contributed by atoms with Crippen LogP contribution < -0.4 is 5.32 Å². The number of ether oxygens (including phenoxy) is 1. The Morgan fingerprint density at radius 3 is 3.15 bits per heavy atom. The van der Waals surface area contributed by atoms with Crippen LogP contribution in [0.3, 0.4) is 0 Å². The molecule has 4 nitrogen and oxygen atoms in total. The highest BCUT2D eigenvalue weighted by molar-refractivity contribution is 7.10. The van der Waals surface area contributed by atoms with E-state index < -0.39 is 5.54 Å². The lowest BCUT2D eigenvalue weighted by Crippen LogP contribution is -2.51. The molecule has 20 heavy (non-hydrogen) atoms. The molecule has 0 bridgehead atoms. The van der Waals surface area contributed by atoms with Crippen LogP contribution >= 0.6 is 11.3 Å². The molecule has 0 spiro atoms. The van der Waals surface area contributed by atoms with Crippen LogP contribution in [0.2, 0.25) is 0 Å². The number of hydrogen-bond acceptors (Lipinski definition) is 4. The molecule has 2 N–H and O–H groups in total. The van der Waals surface area contributed by atoms with Gasteiger partial charge in [0.05, 0.1) is 18.1 Å². The number of aliphatic hydroxyl groups excluding tert-OH is 1.